The molecule has 0 radical (unpaired) electrons. The number of carboxylic acids is 1. The Morgan fingerprint density at radius 2 is 2.05 bits per heavy atom. The number of rotatable bonds is 5. The lowest BCUT2D eigenvalue weighted by atomic mass is 10.0. The van der Waals surface area contributed by atoms with E-state index in [-0.39, 0.29) is 23.3 Å². The van der Waals surface area contributed by atoms with Gasteiger partial charge in [-0.25, -0.2) is 0 Å². The van der Waals surface area contributed by atoms with Crippen LogP contribution in [0.25, 0.3) is 0 Å². The third-order valence-corrected chi connectivity index (χ3v) is 2.82. The predicted molar refractivity (Wildman–Crippen MR) is 70.1 cm³/mol. The summed E-state index contributed by atoms with van der Waals surface area (Å²) in [4.78, 5) is 37.1. The predicted octanol–water partition coefficient (Wildman–Crippen LogP) is 0.912. The Hall–Kier alpha value is -2.11. The number of aromatic nitrogens is 1. The number of carboxylic acid groups (broad SMARTS) is 1. The summed E-state index contributed by atoms with van der Waals surface area (Å²) in [6.45, 7) is 5.34. The van der Waals surface area contributed by atoms with Gasteiger partial charge in [-0.05, 0) is 12.8 Å². The Kier molecular flexibility index (Phi) is 4.86. The van der Waals surface area contributed by atoms with Crippen LogP contribution < -0.4 is 10.7 Å². The first-order chi connectivity index (χ1) is 8.81. The molecule has 0 aliphatic heterocycles. The fourth-order valence-corrected chi connectivity index (χ4v) is 1.64. The summed E-state index contributed by atoms with van der Waals surface area (Å²) in [6.07, 6.45) is 1.17. The lowest BCUT2D eigenvalue weighted by molar-refractivity contribution is -0.137. The van der Waals surface area contributed by atoms with Crippen molar-refractivity contribution in [2.75, 3.05) is 0 Å². The number of amides is 1. The van der Waals surface area contributed by atoms with Gasteiger partial charge in [0, 0.05) is 24.0 Å². The molecule has 0 saturated heterocycles. The first kappa shape index (κ1) is 14.9. The van der Waals surface area contributed by atoms with Crippen LogP contribution in [0.5, 0.6) is 0 Å². The Morgan fingerprint density at radius 3 is 2.53 bits per heavy atom. The van der Waals surface area contributed by atoms with Gasteiger partial charge < -0.3 is 15.4 Å². The monoisotopic (exact) mass is 266 g/mol. The van der Waals surface area contributed by atoms with Gasteiger partial charge in [0.05, 0.1) is 6.42 Å². The van der Waals surface area contributed by atoms with E-state index < -0.39 is 17.9 Å². The Balaban J connectivity index is 2.87. The molecule has 0 spiro atoms. The van der Waals surface area contributed by atoms with E-state index in [9.17, 15) is 14.4 Å². The molecule has 3 N–H and O–H groups in total. The lowest BCUT2D eigenvalue weighted by Gasteiger charge is -2.20. The standard InChI is InChI=1S/C13H18N2O4/c1-7(2)10(5-12(17)18)15-13(19)9-6-14-8(3)4-11(9)16/h4,6-7,10H,5H2,1-3H3,(H,14,16)(H,15,19)(H,17,18). The number of hydrogen-bond acceptors (Lipinski definition) is 3. The second-order valence-corrected chi connectivity index (χ2v) is 4.82. The first-order valence-corrected chi connectivity index (χ1v) is 6.03. The molecule has 0 aliphatic rings. The normalized spacial score (nSPS) is 12.2. The van der Waals surface area contributed by atoms with E-state index in [2.05, 4.69) is 10.3 Å². The fourth-order valence-electron chi connectivity index (χ4n) is 1.64. The minimum atomic E-state index is -0.989. The molecule has 0 saturated carbocycles. The zero-order chi connectivity index (χ0) is 14.6. The number of aryl methyl sites for hydroxylation is 1. The van der Waals surface area contributed by atoms with Gasteiger partial charge in [-0.2, -0.15) is 0 Å². The number of nitrogens with one attached hydrogen (secondary N) is 2. The molecule has 19 heavy (non-hydrogen) atoms. The molecule has 1 amide bonds. The molecule has 0 aliphatic carbocycles. The van der Waals surface area contributed by atoms with Crippen LogP contribution in [0, 0.1) is 12.8 Å². The molecule has 0 bridgehead atoms. The van der Waals surface area contributed by atoms with Crippen LogP contribution >= 0.6 is 0 Å². The number of carbonyl (C=O) groups excluding carboxylic acids is 1. The number of hydrogen-bond donors (Lipinski definition) is 3. The van der Waals surface area contributed by atoms with E-state index in [1.54, 1.807) is 6.92 Å². The van der Waals surface area contributed by atoms with E-state index in [1.165, 1.54) is 12.3 Å². The Labute approximate surface area is 110 Å². The second kappa shape index (κ2) is 6.17. The van der Waals surface area contributed by atoms with E-state index in [1.807, 2.05) is 13.8 Å². The minimum absolute atomic E-state index is 0.0124. The van der Waals surface area contributed by atoms with Gasteiger partial charge in [0.1, 0.15) is 5.56 Å². The van der Waals surface area contributed by atoms with Gasteiger partial charge in [-0.1, -0.05) is 13.8 Å². The SMILES string of the molecule is Cc1cc(=O)c(C(=O)NC(CC(=O)O)C(C)C)c[nH]1. The highest BCUT2D eigenvalue weighted by Gasteiger charge is 2.21. The number of H-pyrrole nitrogens is 1. The van der Waals surface area contributed by atoms with Gasteiger partial charge in [-0.3, -0.25) is 14.4 Å². The molecule has 1 aromatic rings. The smallest absolute Gasteiger partial charge is 0.305 e. The van der Waals surface area contributed by atoms with Crippen molar-refractivity contribution in [3.8, 4) is 0 Å². The zero-order valence-electron chi connectivity index (χ0n) is 11.2. The molecular formula is C13H18N2O4. The van der Waals surface area contributed by atoms with Gasteiger partial charge in [0.2, 0.25) is 0 Å². The van der Waals surface area contributed by atoms with E-state index in [4.69, 9.17) is 5.11 Å². The van der Waals surface area contributed by atoms with Gasteiger partial charge in [0.15, 0.2) is 5.43 Å². The van der Waals surface area contributed by atoms with Crippen molar-refractivity contribution in [2.45, 2.75) is 33.2 Å². The van der Waals surface area contributed by atoms with Crippen molar-refractivity contribution < 1.29 is 14.7 Å². The van der Waals surface area contributed by atoms with Crippen molar-refractivity contribution in [2.24, 2.45) is 5.92 Å². The van der Waals surface area contributed by atoms with Gasteiger partial charge in [0.25, 0.3) is 5.91 Å². The van der Waals surface area contributed by atoms with Crippen molar-refractivity contribution in [3.63, 3.8) is 0 Å². The molecule has 1 unspecified atom stereocenters. The van der Waals surface area contributed by atoms with Crippen LogP contribution in [-0.2, 0) is 4.79 Å². The van der Waals surface area contributed by atoms with Crippen molar-refractivity contribution in [1.82, 2.24) is 10.3 Å². The molecule has 6 nitrogen and oxygen atoms in total. The Morgan fingerprint density at radius 1 is 1.42 bits per heavy atom. The highest BCUT2D eigenvalue weighted by molar-refractivity contribution is 5.94. The average molecular weight is 266 g/mol. The molecule has 1 heterocycles. The molecule has 0 fully saturated rings. The summed E-state index contributed by atoms with van der Waals surface area (Å²) in [5.41, 5.74) is 0.265. The lowest BCUT2D eigenvalue weighted by Crippen LogP contribution is -2.41. The largest absolute Gasteiger partial charge is 0.481 e. The van der Waals surface area contributed by atoms with Crippen molar-refractivity contribution in [1.29, 1.82) is 0 Å². The first-order valence-electron chi connectivity index (χ1n) is 6.03. The third-order valence-electron chi connectivity index (χ3n) is 2.82. The van der Waals surface area contributed by atoms with Crippen LogP contribution in [0.4, 0.5) is 0 Å². The Bertz CT molecular complexity index is 534. The van der Waals surface area contributed by atoms with E-state index >= 15 is 0 Å². The summed E-state index contributed by atoms with van der Waals surface area (Å²) in [6, 6.07) is 0.821. The van der Waals surface area contributed by atoms with Crippen LogP contribution in [0.15, 0.2) is 17.1 Å². The topological polar surface area (TPSA) is 99.3 Å². The quantitative estimate of drug-likeness (QED) is 0.737. The minimum Gasteiger partial charge on any atom is -0.481 e. The maximum atomic E-state index is 11.9. The van der Waals surface area contributed by atoms with Crippen LogP contribution in [0.1, 0.15) is 36.3 Å². The molecule has 6 heteroatoms. The number of pyridine rings is 1. The van der Waals surface area contributed by atoms with Crippen LogP contribution in [0.3, 0.4) is 0 Å². The molecule has 1 aromatic heterocycles. The molecule has 104 valence electrons. The molecule has 0 aromatic carbocycles. The van der Waals surface area contributed by atoms with Crippen molar-refractivity contribution in [3.05, 3.63) is 33.7 Å². The van der Waals surface area contributed by atoms with E-state index in [0.717, 1.165) is 0 Å². The average Bonchev–Trinajstić information content (AvgIpc) is 2.26. The second-order valence-electron chi connectivity index (χ2n) is 4.82. The van der Waals surface area contributed by atoms with Gasteiger partial charge >= 0.3 is 5.97 Å². The molecular weight excluding hydrogens is 248 g/mol. The maximum absolute atomic E-state index is 11.9. The highest BCUT2D eigenvalue weighted by atomic mass is 16.4. The number of aliphatic carboxylic acids is 1. The van der Waals surface area contributed by atoms with Crippen molar-refractivity contribution >= 4 is 11.9 Å². The summed E-state index contributed by atoms with van der Waals surface area (Å²) >= 11 is 0. The maximum Gasteiger partial charge on any atom is 0.305 e. The number of carbonyl (C=O) groups is 2. The summed E-state index contributed by atoms with van der Waals surface area (Å²) in [5.74, 6) is -1.58. The zero-order valence-corrected chi connectivity index (χ0v) is 11.2. The van der Waals surface area contributed by atoms with Crippen LogP contribution in [0.2, 0.25) is 0 Å². The summed E-state index contributed by atoms with van der Waals surface area (Å²) in [5, 5.41) is 11.4. The third kappa shape index (κ3) is 4.24. The van der Waals surface area contributed by atoms with Gasteiger partial charge in [-0.15, -0.1) is 0 Å². The molecule has 1 atom stereocenters. The summed E-state index contributed by atoms with van der Waals surface area (Å²) < 4.78 is 0. The van der Waals surface area contributed by atoms with E-state index in [0.29, 0.717) is 5.69 Å². The fraction of sp³-hybridized carbons (Fsp3) is 0.462. The highest BCUT2D eigenvalue weighted by Crippen LogP contribution is 2.07. The summed E-state index contributed by atoms with van der Waals surface area (Å²) in [7, 11) is 0. The molecule has 1 rings (SSSR count). The number of aromatic amines is 1. The van der Waals surface area contributed by atoms with Crippen LogP contribution in [-0.4, -0.2) is 28.0 Å².